The van der Waals surface area contributed by atoms with Gasteiger partial charge in [0.15, 0.2) is 5.13 Å². The number of methoxy groups -OCH3 is 1. The van der Waals surface area contributed by atoms with Crippen LogP contribution >= 0.6 is 11.3 Å². The quantitative estimate of drug-likeness (QED) is 0.392. The van der Waals surface area contributed by atoms with E-state index < -0.39 is 17.5 Å². The van der Waals surface area contributed by atoms with Crippen LogP contribution in [-0.4, -0.2) is 46.9 Å². The topological polar surface area (TPSA) is 127 Å². The third-order valence-electron chi connectivity index (χ3n) is 5.96. The van der Waals surface area contributed by atoms with Crippen LogP contribution in [0.3, 0.4) is 0 Å². The Bertz CT molecular complexity index is 1440. The van der Waals surface area contributed by atoms with Crippen molar-refractivity contribution in [3.8, 4) is 17.6 Å². The molecule has 0 radical (unpaired) electrons. The van der Waals surface area contributed by atoms with Gasteiger partial charge in [-0.3, -0.25) is 14.9 Å². The van der Waals surface area contributed by atoms with Crippen molar-refractivity contribution in [1.82, 2.24) is 20.5 Å². The van der Waals surface area contributed by atoms with Gasteiger partial charge in [-0.15, -0.1) is 0 Å². The molecule has 34 heavy (non-hydrogen) atoms. The van der Waals surface area contributed by atoms with Crippen LogP contribution in [0.5, 0.6) is 5.75 Å². The van der Waals surface area contributed by atoms with Crippen LogP contribution in [0.1, 0.15) is 34.0 Å². The number of ether oxygens (including phenoxy) is 1. The summed E-state index contributed by atoms with van der Waals surface area (Å²) in [5.74, 6) is 5.72. The summed E-state index contributed by atoms with van der Waals surface area (Å²) in [6.07, 6.45) is 0.738. The van der Waals surface area contributed by atoms with Crippen LogP contribution in [-0.2, 0) is 17.8 Å². The molecule has 0 saturated carbocycles. The van der Waals surface area contributed by atoms with E-state index in [2.05, 4.69) is 27.5 Å². The van der Waals surface area contributed by atoms with Gasteiger partial charge in [0.25, 0.3) is 11.8 Å². The number of nitrogen functional groups attached to an aromatic ring is 1. The zero-order valence-electron chi connectivity index (χ0n) is 18.5. The second kappa shape index (κ2) is 8.04. The van der Waals surface area contributed by atoms with Gasteiger partial charge in [-0.2, -0.15) is 0 Å². The Labute approximate surface area is 199 Å². The third-order valence-corrected chi connectivity index (χ3v) is 6.79. The number of hydrogen-bond acceptors (Lipinski definition) is 7. The van der Waals surface area contributed by atoms with Crippen molar-refractivity contribution in [1.29, 1.82) is 0 Å². The molecule has 2 aliphatic heterocycles. The molecular weight excluding hydrogens is 454 g/mol. The number of carbonyl (C=O) groups is 3. The lowest BCUT2D eigenvalue weighted by Gasteiger charge is -2.26. The first-order valence-electron chi connectivity index (χ1n) is 10.6. The number of urea groups is 1. The Kier molecular flexibility index (Phi) is 5.14. The summed E-state index contributed by atoms with van der Waals surface area (Å²) < 4.78 is 6.12. The Balaban J connectivity index is 1.50. The van der Waals surface area contributed by atoms with Crippen molar-refractivity contribution in [3.05, 3.63) is 52.6 Å². The fourth-order valence-corrected chi connectivity index (χ4v) is 5.07. The minimum Gasteiger partial charge on any atom is -0.497 e. The van der Waals surface area contributed by atoms with E-state index in [4.69, 9.17) is 10.5 Å². The number of nitrogens with two attached hydrogens (primary N) is 1. The van der Waals surface area contributed by atoms with Gasteiger partial charge in [0.05, 0.1) is 23.9 Å². The number of benzene rings is 2. The first-order valence-corrected chi connectivity index (χ1v) is 11.5. The maximum atomic E-state index is 13.0. The molecule has 0 unspecified atom stereocenters. The van der Waals surface area contributed by atoms with Crippen LogP contribution in [0, 0.1) is 11.8 Å². The molecule has 1 fully saturated rings. The average Bonchev–Trinajstić information content (AvgIpc) is 3.44. The molecule has 1 aromatic heterocycles. The number of fused-ring (bicyclic) bond motifs is 2. The highest BCUT2D eigenvalue weighted by Crippen LogP contribution is 2.30. The lowest BCUT2D eigenvalue weighted by Crippen LogP contribution is -2.54. The minimum atomic E-state index is -1.58. The van der Waals surface area contributed by atoms with Crippen molar-refractivity contribution in [2.75, 3.05) is 19.4 Å². The number of imide groups is 1. The van der Waals surface area contributed by atoms with E-state index >= 15 is 0 Å². The Morgan fingerprint density at radius 1 is 1.26 bits per heavy atom. The molecule has 3 heterocycles. The van der Waals surface area contributed by atoms with E-state index in [1.54, 1.807) is 12.1 Å². The summed E-state index contributed by atoms with van der Waals surface area (Å²) in [7, 11) is 1.53. The highest BCUT2D eigenvalue weighted by Gasteiger charge is 2.48. The highest BCUT2D eigenvalue weighted by molar-refractivity contribution is 7.22. The van der Waals surface area contributed by atoms with Crippen molar-refractivity contribution < 1.29 is 19.1 Å². The van der Waals surface area contributed by atoms with Gasteiger partial charge in [-0.25, -0.2) is 9.78 Å². The molecule has 4 amide bonds. The van der Waals surface area contributed by atoms with Crippen molar-refractivity contribution in [2.24, 2.45) is 0 Å². The predicted molar refractivity (Wildman–Crippen MR) is 127 cm³/mol. The molecule has 5 rings (SSSR count). The summed E-state index contributed by atoms with van der Waals surface area (Å²) in [5, 5.41) is 5.36. The molecule has 4 N–H and O–H groups in total. The second-order valence-electron chi connectivity index (χ2n) is 8.14. The van der Waals surface area contributed by atoms with E-state index in [9.17, 15) is 14.4 Å². The standard InChI is InChI=1S/C24H21N5O4S/c1-3-14-8-13(9-18-19(14)26-22(25)34-18)6-7-24(21(31)27-23(32)28-24)12-29-11-15-4-5-16(33-2)10-17(15)20(29)30/h4-5,8-10H,3,11-12H2,1-2H3,(H2,25,26)(H2,27,28,31,32)/t24-/m1/s1. The van der Waals surface area contributed by atoms with Crippen LogP contribution in [0.2, 0.25) is 0 Å². The Morgan fingerprint density at radius 2 is 2.09 bits per heavy atom. The Morgan fingerprint density at radius 3 is 2.79 bits per heavy atom. The number of aryl methyl sites for hydroxylation is 1. The Hall–Kier alpha value is -4.10. The van der Waals surface area contributed by atoms with Gasteiger partial charge in [0.2, 0.25) is 5.54 Å². The normalized spacial score (nSPS) is 19.0. The molecule has 172 valence electrons. The molecule has 10 heteroatoms. The van der Waals surface area contributed by atoms with E-state index in [1.807, 2.05) is 25.1 Å². The molecule has 1 atom stereocenters. The SMILES string of the molecule is CCc1cc(C#C[C@]2(CN3Cc4ccc(OC)cc4C3=O)NC(=O)NC2=O)cc2sc(N)nc12. The number of nitrogens with one attached hydrogen (secondary N) is 2. The maximum Gasteiger partial charge on any atom is 0.323 e. The summed E-state index contributed by atoms with van der Waals surface area (Å²) in [4.78, 5) is 43.9. The number of anilines is 1. The van der Waals surface area contributed by atoms with Crippen molar-refractivity contribution in [2.45, 2.75) is 25.4 Å². The van der Waals surface area contributed by atoms with E-state index in [0.29, 0.717) is 28.6 Å². The van der Waals surface area contributed by atoms with Crippen molar-refractivity contribution >= 4 is 44.5 Å². The number of thiazole rings is 1. The third kappa shape index (κ3) is 3.60. The van der Waals surface area contributed by atoms with Crippen LogP contribution in [0.25, 0.3) is 10.2 Å². The van der Waals surface area contributed by atoms with Gasteiger partial charge in [-0.1, -0.05) is 36.2 Å². The van der Waals surface area contributed by atoms with Gasteiger partial charge < -0.3 is 20.7 Å². The lowest BCUT2D eigenvalue weighted by atomic mass is 9.98. The zero-order valence-corrected chi connectivity index (χ0v) is 19.3. The number of rotatable bonds is 4. The van der Waals surface area contributed by atoms with Gasteiger partial charge in [0.1, 0.15) is 5.75 Å². The summed E-state index contributed by atoms with van der Waals surface area (Å²) in [6, 6.07) is 8.39. The minimum absolute atomic E-state index is 0.0935. The molecular formula is C24H21N5O4S. The average molecular weight is 476 g/mol. The molecule has 9 nitrogen and oxygen atoms in total. The van der Waals surface area contributed by atoms with Gasteiger partial charge in [0, 0.05) is 17.7 Å². The van der Waals surface area contributed by atoms with E-state index in [1.165, 1.54) is 23.3 Å². The zero-order chi connectivity index (χ0) is 24.0. The first-order chi connectivity index (χ1) is 16.3. The molecule has 0 spiro atoms. The largest absolute Gasteiger partial charge is 0.497 e. The van der Waals surface area contributed by atoms with Crippen molar-refractivity contribution in [3.63, 3.8) is 0 Å². The number of hydrogen-bond donors (Lipinski definition) is 3. The summed E-state index contributed by atoms with van der Waals surface area (Å²) in [5.41, 5.74) is 8.12. The monoisotopic (exact) mass is 475 g/mol. The molecule has 0 aliphatic carbocycles. The lowest BCUT2D eigenvalue weighted by molar-refractivity contribution is -0.122. The summed E-state index contributed by atoms with van der Waals surface area (Å²) >= 11 is 1.36. The highest BCUT2D eigenvalue weighted by atomic mass is 32.1. The fourth-order valence-electron chi connectivity index (χ4n) is 4.25. The number of aromatic nitrogens is 1. The van der Waals surface area contributed by atoms with Crippen LogP contribution in [0.4, 0.5) is 9.93 Å². The predicted octanol–water partition coefficient (Wildman–Crippen LogP) is 2.04. The van der Waals surface area contributed by atoms with E-state index in [0.717, 1.165) is 27.8 Å². The molecule has 2 aliphatic rings. The molecule has 2 aromatic carbocycles. The molecule has 0 bridgehead atoms. The fraction of sp³-hybridized carbons (Fsp3) is 0.250. The number of nitrogens with zero attached hydrogens (tertiary/aromatic N) is 2. The number of amides is 4. The second-order valence-corrected chi connectivity index (χ2v) is 9.20. The number of carbonyl (C=O) groups excluding carboxylic acids is 3. The smallest absolute Gasteiger partial charge is 0.323 e. The maximum absolute atomic E-state index is 13.0. The first kappa shape index (κ1) is 21.7. The molecule has 1 saturated heterocycles. The van der Waals surface area contributed by atoms with E-state index in [-0.39, 0.29) is 12.5 Å². The van der Waals surface area contributed by atoms with Gasteiger partial charge >= 0.3 is 6.03 Å². The van der Waals surface area contributed by atoms with Gasteiger partial charge in [-0.05, 0) is 41.8 Å². The van der Waals surface area contributed by atoms with Crippen LogP contribution in [0.15, 0.2) is 30.3 Å². The molecule has 3 aromatic rings. The summed E-state index contributed by atoms with van der Waals surface area (Å²) in [6.45, 7) is 2.22. The van der Waals surface area contributed by atoms with Crippen LogP contribution < -0.4 is 21.1 Å².